The van der Waals surface area contributed by atoms with E-state index in [4.69, 9.17) is 15.6 Å². The van der Waals surface area contributed by atoms with Crippen molar-refractivity contribution in [1.82, 2.24) is 0 Å². The second kappa shape index (κ2) is 7.43. The van der Waals surface area contributed by atoms with Gasteiger partial charge in [0.25, 0.3) is 0 Å². The second-order valence-corrected chi connectivity index (χ2v) is 5.43. The Morgan fingerprint density at radius 3 is 2.50 bits per heavy atom. The fourth-order valence-corrected chi connectivity index (χ4v) is 2.40. The van der Waals surface area contributed by atoms with Crippen molar-refractivity contribution in [3.63, 3.8) is 0 Å². The lowest BCUT2D eigenvalue weighted by atomic mass is 10.1. The lowest BCUT2D eigenvalue weighted by Crippen LogP contribution is -2.18. The summed E-state index contributed by atoms with van der Waals surface area (Å²) in [5.74, 6) is 0.780. The van der Waals surface area contributed by atoms with E-state index in [2.05, 4.69) is 15.9 Å². The summed E-state index contributed by atoms with van der Waals surface area (Å²) in [6, 6.07) is 15.7. The number of benzene rings is 2. The van der Waals surface area contributed by atoms with Crippen LogP contribution in [0.5, 0.6) is 5.75 Å². The quantitative estimate of drug-likeness (QED) is 0.852. The van der Waals surface area contributed by atoms with Gasteiger partial charge in [-0.2, -0.15) is 0 Å². The fourth-order valence-electron chi connectivity index (χ4n) is 1.99. The fraction of sp³-hybridized carbons (Fsp3) is 0.250. The number of ether oxygens (including phenoxy) is 1. The number of nitrogens with two attached hydrogens (primary N) is 1. The normalized spacial score (nSPS) is 12.2. The summed E-state index contributed by atoms with van der Waals surface area (Å²) in [5, 5.41) is 8.89. The third-order valence-electron chi connectivity index (χ3n) is 3.04. The van der Waals surface area contributed by atoms with Crippen molar-refractivity contribution in [1.29, 1.82) is 0 Å². The minimum atomic E-state index is -0.170. The van der Waals surface area contributed by atoms with Gasteiger partial charge in [-0.15, -0.1) is 0 Å². The number of aliphatic hydroxyl groups is 1. The molecular formula is C16H18BrNO2. The molecule has 2 rings (SSSR count). The van der Waals surface area contributed by atoms with Gasteiger partial charge in [-0.25, -0.2) is 0 Å². The molecule has 3 nitrogen and oxygen atoms in total. The highest BCUT2D eigenvalue weighted by molar-refractivity contribution is 9.10. The Labute approximate surface area is 127 Å². The number of rotatable bonds is 6. The lowest BCUT2D eigenvalue weighted by Gasteiger charge is -2.18. The van der Waals surface area contributed by atoms with E-state index in [1.165, 1.54) is 0 Å². The van der Waals surface area contributed by atoms with E-state index in [1.807, 2.05) is 48.5 Å². The summed E-state index contributed by atoms with van der Waals surface area (Å²) < 4.78 is 6.94. The van der Waals surface area contributed by atoms with Crippen LogP contribution in [0, 0.1) is 0 Å². The van der Waals surface area contributed by atoms with Crippen molar-refractivity contribution in [3.8, 4) is 5.75 Å². The predicted octanol–water partition coefficient (Wildman–Crippen LogP) is 3.06. The maximum atomic E-state index is 8.89. The summed E-state index contributed by atoms with van der Waals surface area (Å²) in [7, 11) is 0. The van der Waals surface area contributed by atoms with Gasteiger partial charge in [-0.1, -0.05) is 40.2 Å². The highest BCUT2D eigenvalue weighted by Gasteiger charge is 2.11. The SMILES string of the molecule is NCC(Oc1ccc(CCO)cc1)c1cccc(Br)c1. The van der Waals surface area contributed by atoms with Crippen molar-refractivity contribution in [2.24, 2.45) is 5.73 Å². The van der Waals surface area contributed by atoms with E-state index in [0.717, 1.165) is 21.3 Å². The van der Waals surface area contributed by atoms with Crippen LogP contribution >= 0.6 is 15.9 Å². The molecule has 0 saturated carbocycles. The van der Waals surface area contributed by atoms with Crippen molar-refractivity contribution < 1.29 is 9.84 Å². The third-order valence-corrected chi connectivity index (χ3v) is 3.53. The van der Waals surface area contributed by atoms with E-state index in [9.17, 15) is 0 Å². The molecule has 0 aliphatic rings. The average Bonchev–Trinajstić information content (AvgIpc) is 2.47. The molecule has 0 saturated heterocycles. The highest BCUT2D eigenvalue weighted by Crippen LogP contribution is 2.24. The Morgan fingerprint density at radius 1 is 1.15 bits per heavy atom. The monoisotopic (exact) mass is 335 g/mol. The van der Waals surface area contributed by atoms with Gasteiger partial charge in [0.15, 0.2) is 0 Å². The van der Waals surface area contributed by atoms with E-state index < -0.39 is 0 Å². The van der Waals surface area contributed by atoms with Gasteiger partial charge < -0.3 is 15.6 Å². The molecule has 20 heavy (non-hydrogen) atoms. The number of hydrogen-bond donors (Lipinski definition) is 2. The first-order chi connectivity index (χ1) is 9.72. The molecule has 0 amide bonds. The van der Waals surface area contributed by atoms with E-state index in [1.54, 1.807) is 0 Å². The van der Waals surface area contributed by atoms with E-state index in [0.29, 0.717) is 13.0 Å². The smallest absolute Gasteiger partial charge is 0.136 e. The molecule has 106 valence electrons. The Balaban J connectivity index is 2.09. The van der Waals surface area contributed by atoms with Gasteiger partial charge >= 0.3 is 0 Å². The number of halogens is 1. The average molecular weight is 336 g/mol. The molecule has 3 N–H and O–H groups in total. The largest absolute Gasteiger partial charge is 0.484 e. The molecule has 4 heteroatoms. The van der Waals surface area contributed by atoms with Gasteiger partial charge in [0.1, 0.15) is 11.9 Å². The zero-order valence-corrected chi connectivity index (χ0v) is 12.7. The molecule has 2 aromatic rings. The molecule has 2 aromatic carbocycles. The van der Waals surface area contributed by atoms with Crippen LogP contribution in [-0.4, -0.2) is 18.3 Å². The maximum Gasteiger partial charge on any atom is 0.136 e. The minimum Gasteiger partial charge on any atom is -0.484 e. The van der Waals surface area contributed by atoms with Gasteiger partial charge in [0.2, 0.25) is 0 Å². The maximum absolute atomic E-state index is 8.89. The third kappa shape index (κ3) is 4.07. The molecule has 0 heterocycles. The number of aliphatic hydroxyl groups excluding tert-OH is 1. The Hall–Kier alpha value is -1.36. The number of hydrogen-bond acceptors (Lipinski definition) is 3. The lowest BCUT2D eigenvalue weighted by molar-refractivity contribution is 0.214. The summed E-state index contributed by atoms with van der Waals surface area (Å²) in [4.78, 5) is 0. The second-order valence-electron chi connectivity index (χ2n) is 4.51. The summed E-state index contributed by atoms with van der Waals surface area (Å²) in [5.41, 5.74) is 7.94. The first-order valence-electron chi connectivity index (χ1n) is 6.55. The van der Waals surface area contributed by atoms with Crippen LogP contribution in [-0.2, 0) is 6.42 Å². The van der Waals surface area contributed by atoms with Crippen molar-refractivity contribution >= 4 is 15.9 Å². The molecule has 1 unspecified atom stereocenters. The van der Waals surface area contributed by atoms with Crippen LogP contribution in [0.4, 0.5) is 0 Å². The zero-order chi connectivity index (χ0) is 14.4. The zero-order valence-electron chi connectivity index (χ0n) is 11.1. The molecule has 0 spiro atoms. The van der Waals surface area contributed by atoms with Crippen LogP contribution in [0.25, 0.3) is 0 Å². The van der Waals surface area contributed by atoms with Crippen LogP contribution in [0.2, 0.25) is 0 Å². The molecule has 0 aliphatic heterocycles. The van der Waals surface area contributed by atoms with Gasteiger partial charge in [0, 0.05) is 17.6 Å². The topological polar surface area (TPSA) is 55.5 Å². The first kappa shape index (κ1) is 15.0. The Morgan fingerprint density at radius 2 is 1.90 bits per heavy atom. The predicted molar refractivity (Wildman–Crippen MR) is 83.8 cm³/mol. The Kier molecular flexibility index (Phi) is 5.59. The minimum absolute atomic E-state index is 0.156. The van der Waals surface area contributed by atoms with Crippen LogP contribution < -0.4 is 10.5 Å². The molecule has 0 fully saturated rings. The van der Waals surface area contributed by atoms with Crippen molar-refractivity contribution in [3.05, 3.63) is 64.1 Å². The van der Waals surface area contributed by atoms with E-state index in [-0.39, 0.29) is 12.7 Å². The first-order valence-corrected chi connectivity index (χ1v) is 7.34. The van der Waals surface area contributed by atoms with Gasteiger partial charge in [-0.05, 0) is 41.8 Å². The molecular weight excluding hydrogens is 318 g/mol. The molecule has 0 aromatic heterocycles. The van der Waals surface area contributed by atoms with Gasteiger partial charge in [-0.3, -0.25) is 0 Å². The molecule has 0 radical (unpaired) electrons. The Bertz CT molecular complexity index is 542. The summed E-state index contributed by atoms with van der Waals surface area (Å²) >= 11 is 3.45. The van der Waals surface area contributed by atoms with Gasteiger partial charge in [0.05, 0.1) is 0 Å². The standard InChI is InChI=1S/C16H18BrNO2/c17-14-3-1-2-13(10-14)16(11-18)20-15-6-4-12(5-7-15)8-9-19/h1-7,10,16,19H,8-9,11,18H2. The van der Waals surface area contributed by atoms with Crippen LogP contribution in [0.3, 0.4) is 0 Å². The van der Waals surface area contributed by atoms with E-state index >= 15 is 0 Å². The molecule has 1 atom stereocenters. The summed E-state index contributed by atoms with van der Waals surface area (Å²) in [6.45, 7) is 0.568. The van der Waals surface area contributed by atoms with Crippen LogP contribution in [0.1, 0.15) is 17.2 Å². The highest BCUT2D eigenvalue weighted by atomic mass is 79.9. The van der Waals surface area contributed by atoms with Crippen molar-refractivity contribution in [2.45, 2.75) is 12.5 Å². The molecule has 0 bridgehead atoms. The van der Waals surface area contributed by atoms with Crippen molar-refractivity contribution in [2.75, 3.05) is 13.2 Å². The molecule has 0 aliphatic carbocycles. The summed E-state index contributed by atoms with van der Waals surface area (Å²) in [6.07, 6.45) is 0.489. The van der Waals surface area contributed by atoms with Crippen LogP contribution in [0.15, 0.2) is 53.0 Å².